The number of hydrogen-bond acceptors (Lipinski definition) is 3. The van der Waals surface area contributed by atoms with Gasteiger partial charge in [0.05, 0.1) is 11.8 Å². The van der Waals surface area contributed by atoms with E-state index in [2.05, 4.69) is 4.72 Å². The minimum Gasteiger partial charge on any atom is -0.299 e. The van der Waals surface area contributed by atoms with Gasteiger partial charge in [-0.1, -0.05) is 18.2 Å². The molecule has 1 heterocycles. The van der Waals surface area contributed by atoms with Crippen molar-refractivity contribution in [3.63, 3.8) is 0 Å². The van der Waals surface area contributed by atoms with E-state index in [1.54, 1.807) is 6.07 Å². The molecule has 0 aromatic heterocycles. The fourth-order valence-electron chi connectivity index (χ4n) is 2.62. The normalized spacial score (nSPS) is 18.5. The van der Waals surface area contributed by atoms with Crippen molar-refractivity contribution in [2.45, 2.75) is 31.6 Å². The van der Waals surface area contributed by atoms with Crippen molar-refractivity contribution in [1.29, 1.82) is 0 Å². The van der Waals surface area contributed by atoms with Gasteiger partial charge in [-0.05, 0) is 24.5 Å². The fourth-order valence-corrected chi connectivity index (χ4v) is 3.46. The first kappa shape index (κ1) is 17.2. The molecule has 2 rings (SSSR count). The first-order valence-corrected chi connectivity index (χ1v) is 8.88. The number of alkyl halides is 3. The average molecular weight is 336 g/mol. The summed E-state index contributed by atoms with van der Waals surface area (Å²) in [4.78, 5) is 2.04. The minimum atomic E-state index is -4.33. The third kappa shape index (κ3) is 5.26. The average Bonchev–Trinajstić information content (AvgIpc) is 2.39. The molecule has 1 saturated heterocycles. The molecule has 1 aliphatic heterocycles. The summed E-state index contributed by atoms with van der Waals surface area (Å²) < 4.78 is 62.9. The van der Waals surface area contributed by atoms with Crippen LogP contribution in [0.1, 0.15) is 24.0 Å². The monoisotopic (exact) mass is 336 g/mol. The highest BCUT2D eigenvalue weighted by atomic mass is 32.2. The predicted molar refractivity (Wildman–Crippen MR) is 77.7 cm³/mol. The van der Waals surface area contributed by atoms with Crippen molar-refractivity contribution in [2.75, 3.05) is 19.3 Å². The zero-order valence-corrected chi connectivity index (χ0v) is 13.0. The molecule has 0 spiro atoms. The van der Waals surface area contributed by atoms with Gasteiger partial charge in [-0.25, -0.2) is 13.1 Å². The van der Waals surface area contributed by atoms with Gasteiger partial charge in [0.2, 0.25) is 10.0 Å². The van der Waals surface area contributed by atoms with E-state index in [4.69, 9.17) is 0 Å². The van der Waals surface area contributed by atoms with Gasteiger partial charge >= 0.3 is 6.18 Å². The molecule has 0 amide bonds. The lowest BCUT2D eigenvalue weighted by molar-refractivity contribution is -0.137. The van der Waals surface area contributed by atoms with E-state index in [0.717, 1.165) is 12.3 Å². The molecule has 1 fully saturated rings. The van der Waals surface area contributed by atoms with Crippen LogP contribution in [0.3, 0.4) is 0 Å². The summed E-state index contributed by atoms with van der Waals surface area (Å²) in [6, 6.07) is 5.23. The standard InChI is InChI=1S/C14H19F3N2O2S/c1-22(20,21)18-13-5-7-19(8-6-13)10-11-3-2-4-12(9-11)14(15,16)17/h2-4,9,13,18H,5-8,10H2,1H3. The Hall–Kier alpha value is -1.12. The zero-order chi connectivity index (χ0) is 16.4. The number of nitrogens with zero attached hydrogens (tertiary/aromatic N) is 1. The number of piperidine rings is 1. The van der Waals surface area contributed by atoms with Crippen molar-refractivity contribution in [3.05, 3.63) is 35.4 Å². The molecule has 1 aliphatic rings. The lowest BCUT2D eigenvalue weighted by Crippen LogP contribution is -2.43. The molecule has 0 atom stereocenters. The smallest absolute Gasteiger partial charge is 0.299 e. The lowest BCUT2D eigenvalue weighted by Gasteiger charge is -2.32. The first-order valence-electron chi connectivity index (χ1n) is 6.99. The molecule has 4 nitrogen and oxygen atoms in total. The molecule has 1 aromatic rings. The predicted octanol–water partition coefficient (Wildman–Crippen LogP) is 2.22. The van der Waals surface area contributed by atoms with E-state index in [-0.39, 0.29) is 6.04 Å². The Labute approximate surface area is 128 Å². The van der Waals surface area contributed by atoms with E-state index >= 15 is 0 Å². The maximum absolute atomic E-state index is 12.7. The van der Waals surface area contributed by atoms with Crippen LogP contribution in [0.25, 0.3) is 0 Å². The van der Waals surface area contributed by atoms with Crippen molar-refractivity contribution in [3.8, 4) is 0 Å². The highest BCUT2D eigenvalue weighted by molar-refractivity contribution is 7.88. The maximum atomic E-state index is 12.7. The van der Waals surface area contributed by atoms with Crippen LogP contribution in [0.15, 0.2) is 24.3 Å². The van der Waals surface area contributed by atoms with E-state index in [0.29, 0.717) is 38.0 Å². The van der Waals surface area contributed by atoms with Crippen LogP contribution in [0.2, 0.25) is 0 Å². The van der Waals surface area contributed by atoms with Crippen LogP contribution in [0, 0.1) is 0 Å². The molecule has 0 bridgehead atoms. The van der Waals surface area contributed by atoms with E-state index in [1.165, 1.54) is 12.1 Å². The lowest BCUT2D eigenvalue weighted by atomic mass is 10.0. The Bertz CT molecular complexity index is 609. The number of rotatable bonds is 4. The largest absolute Gasteiger partial charge is 0.416 e. The van der Waals surface area contributed by atoms with Gasteiger partial charge in [0.1, 0.15) is 0 Å². The molecule has 0 saturated carbocycles. The third-order valence-electron chi connectivity index (χ3n) is 3.63. The van der Waals surface area contributed by atoms with Crippen LogP contribution in [-0.4, -0.2) is 38.7 Å². The van der Waals surface area contributed by atoms with Gasteiger partial charge < -0.3 is 0 Å². The molecule has 0 radical (unpaired) electrons. The summed E-state index contributed by atoms with van der Waals surface area (Å²) in [5.41, 5.74) is -0.0250. The number of halogens is 3. The Balaban J connectivity index is 1.91. The van der Waals surface area contributed by atoms with Gasteiger partial charge in [-0.15, -0.1) is 0 Å². The number of hydrogen-bond donors (Lipinski definition) is 1. The first-order chi connectivity index (χ1) is 10.1. The maximum Gasteiger partial charge on any atom is 0.416 e. The molecular formula is C14H19F3N2O2S. The molecular weight excluding hydrogens is 317 g/mol. The SMILES string of the molecule is CS(=O)(=O)NC1CCN(Cc2cccc(C(F)(F)F)c2)CC1. The van der Waals surface area contributed by atoms with Crippen LogP contribution in [0.4, 0.5) is 13.2 Å². The fraction of sp³-hybridized carbons (Fsp3) is 0.571. The van der Waals surface area contributed by atoms with Crippen LogP contribution in [0.5, 0.6) is 0 Å². The van der Waals surface area contributed by atoms with Gasteiger partial charge in [0, 0.05) is 25.7 Å². The second kappa shape index (κ2) is 6.55. The van der Waals surface area contributed by atoms with Crippen molar-refractivity contribution in [2.24, 2.45) is 0 Å². The zero-order valence-electron chi connectivity index (χ0n) is 12.2. The second-order valence-electron chi connectivity index (χ2n) is 5.64. The highest BCUT2D eigenvalue weighted by Crippen LogP contribution is 2.29. The molecule has 124 valence electrons. The number of likely N-dealkylation sites (tertiary alicyclic amines) is 1. The van der Waals surface area contributed by atoms with E-state index in [9.17, 15) is 21.6 Å². The van der Waals surface area contributed by atoms with Crippen molar-refractivity contribution >= 4 is 10.0 Å². The summed E-state index contributed by atoms with van der Waals surface area (Å²) >= 11 is 0. The summed E-state index contributed by atoms with van der Waals surface area (Å²) in [6.45, 7) is 1.75. The van der Waals surface area contributed by atoms with Gasteiger partial charge in [0.25, 0.3) is 0 Å². The highest BCUT2D eigenvalue weighted by Gasteiger charge is 2.30. The van der Waals surface area contributed by atoms with Crippen molar-refractivity contribution in [1.82, 2.24) is 9.62 Å². The Morgan fingerprint density at radius 2 is 1.91 bits per heavy atom. The molecule has 0 unspecified atom stereocenters. The van der Waals surface area contributed by atoms with Gasteiger partial charge in [0.15, 0.2) is 0 Å². The number of nitrogens with one attached hydrogen (secondary N) is 1. The van der Waals surface area contributed by atoms with Crippen LogP contribution >= 0.6 is 0 Å². The quantitative estimate of drug-likeness (QED) is 0.917. The van der Waals surface area contributed by atoms with Crippen molar-refractivity contribution < 1.29 is 21.6 Å². The summed E-state index contributed by atoms with van der Waals surface area (Å²) in [5.74, 6) is 0. The Morgan fingerprint density at radius 1 is 1.27 bits per heavy atom. The van der Waals surface area contributed by atoms with Gasteiger partial charge in [-0.3, -0.25) is 4.90 Å². The molecule has 1 aromatic carbocycles. The van der Waals surface area contributed by atoms with Gasteiger partial charge in [-0.2, -0.15) is 13.2 Å². The minimum absolute atomic E-state index is 0.0900. The second-order valence-corrected chi connectivity index (χ2v) is 7.42. The summed E-state index contributed by atoms with van der Waals surface area (Å²) in [5, 5.41) is 0. The molecule has 0 aliphatic carbocycles. The van der Waals surface area contributed by atoms with E-state index in [1.807, 2.05) is 4.90 Å². The Morgan fingerprint density at radius 3 is 2.45 bits per heavy atom. The molecule has 8 heteroatoms. The molecule has 22 heavy (non-hydrogen) atoms. The topological polar surface area (TPSA) is 49.4 Å². The Kier molecular flexibility index (Phi) is 5.14. The van der Waals surface area contributed by atoms with Crippen LogP contribution in [-0.2, 0) is 22.7 Å². The summed E-state index contributed by atoms with van der Waals surface area (Å²) in [6.07, 6.45) is -1.89. The number of sulfonamides is 1. The molecule has 1 N–H and O–H groups in total. The van der Waals surface area contributed by atoms with Crippen LogP contribution < -0.4 is 4.72 Å². The summed E-state index contributed by atoms with van der Waals surface area (Å²) in [7, 11) is -3.22. The number of benzene rings is 1. The van der Waals surface area contributed by atoms with E-state index < -0.39 is 21.8 Å². The third-order valence-corrected chi connectivity index (χ3v) is 4.39.